The molecule has 6 nitrogen and oxygen atoms in total. The second-order valence-electron chi connectivity index (χ2n) is 6.99. The molecule has 144 valence electrons. The first kappa shape index (κ1) is 22.7. The van der Waals surface area contributed by atoms with E-state index in [1.807, 2.05) is 6.07 Å². The van der Waals surface area contributed by atoms with E-state index in [2.05, 4.69) is 36.4 Å². The van der Waals surface area contributed by atoms with Crippen molar-refractivity contribution in [3.63, 3.8) is 0 Å². The first-order chi connectivity index (χ1) is 11.2. The fourth-order valence-corrected chi connectivity index (χ4v) is 5.50. The lowest BCUT2D eigenvalue weighted by atomic mass is 10.1. The normalized spacial score (nSPS) is 17.0. The van der Waals surface area contributed by atoms with Crippen molar-refractivity contribution in [2.45, 2.75) is 56.3 Å². The molecule has 2 rings (SSSR count). The largest absolute Gasteiger partial charge is 0.352 e. The summed E-state index contributed by atoms with van der Waals surface area (Å²) in [6, 6.07) is 3.59. The minimum absolute atomic E-state index is 0. The Bertz CT molecular complexity index is 675. The fraction of sp³-hybridized carbons (Fsp3) is 0.688. The summed E-state index contributed by atoms with van der Waals surface area (Å²) in [6.45, 7) is 8.01. The summed E-state index contributed by atoms with van der Waals surface area (Å²) < 4.78 is 27.4. The number of sulfonamides is 1. The molecule has 0 atom stereocenters. The van der Waals surface area contributed by atoms with Crippen LogP contribution in [-0.2, 0) is 16.6 Å². The van der Waals surface area contributed by atoms with Gasteiger partial charge in [0, 0.05) is 30.6 Å². The Kier molecular flexibility index (Phi) is 8.62. The Labute approximate surface area is 172 Å². The number of rotatable bonds is 4. The second-order valence-corrected chi connectivity index (χ2v) is 10.3. The van der Waals surface area contributed by atoms with E-state index in [0.717, 1.165) is 24.1 Å². The number of aliphatic imine (C=N–C) groups is 1. The van der Waals surface area contributed by atoms with E-state index in [0.29, 0.717) is 29.8 Å². The highest BCUT2D eigenvalue weighted by Gasteiger charge is 2.27. The first-order valence-corrected chi connectivity index (χ1v) is 10.6. The topological polar surface area (TPSA) is 73.8 Å². The van der Waals surface area contributed by atoms with E-state index in [-0.39, 0.29) is 29.5 Å². The molecule has 0 unspecified atom stereocenters. The van der Waals surface area contributed by atoms with Gasteiger partial charge in [-0.1, -0.05) is 6.42 Å². The molecule has 1 aromatic heterocycles. The maximum atomic E-state index is 12.7. The monoisotopic (exact) mass is 500 g/mol. The number of hydrogen-bond acceptors (Lipinski definition) is 4. The lowest BCUT2D eigenvalue weighted by Crippen LogP contribution is -2.47. The van der Waals surface area contributed by atoms with Crippen LogP contribution in [0.15, 0.2) is 21.3 Å². The Morgan fingerprint density at radius 3 is 2.44 bits per heavy atom. The standard InChI is InChI=1S/C16H28N4O2S2.HI/c1-16(2,3)19-15(17-4)18-12-13-8-9-14(23-13)24(21,22)20-10-6-5-7-11-20;/h8-9H,5-7,10-12H2,1-4H3,(H2,17,18,19);1H. The summed E-state index contributed by atoms with van der Waals surface area (Å²) in [7, 11) is -1.61. The molecule has 1 aromatic rings. The van der Waals surface area contributed by atoms with Gasteiger partial charge in [0.1, 0.15) is 4.21 Å². The molecule has 0 bridgehead atoms. The summed E-state index contributed by atoms with van der Waals surface area (Å²) in [6.07, 6.45) is 3.02. The summed E-state index contributed by atoms with van der Waals surface area (Å²) in [5.41, 5.74) is -0.0833. The SMILES string of the molecule is CN=C(NCc1ccc(S(=O)(=O)N2CCCCC2)s1)NC(C)(C)C.I. The Balaban J connectivity index is 0.00000312. The minimum Gasteiger partial charge on any atom is -0.352 e. The van der Waals surface area contributed by atoms with Gasteiger partial charge in [0.15, 0.2) is 5.96 Å². The fourth-order valence-electron chi connectivity index (χ4n) is 2.53. The first-order valence-electron chi connectivity index (χ1n) is 8.30. The summed E-state index contributed by atoms with van der Waals surface area (Å²) >= 11 is 1.33. The number of guanidine groups is 1. The van der Waals surface area contributed by atoms with Crippen LogP contribution >= 0.6 is 35.3 Å². The van der Waals surface area contributed by atoms with Crippen LogP contribution < -0.4 is 10.6 Å². The van der Waals surface area contributed by atoms with Gasteiger partial charge in [-0.25, -0.2) is 8.42 Å². The minimum atomic E-state index is -3.34. The molecule has 1 saturated heterocycles. The van der Waals surface area contributed by atoms with E-state index < -0.39 is 10.0 Å². The summed E-state index contributed by atoms with van der Waals surface area (Å²) in [4.78, 5) is 5.16. The lowest BCUT2D eigenvalue weighted by molar-refractivity contribution is 0.347. The van der Waals surface area contributed by atoms with Gasteiger partial charge < -0.3 is 10.6 Å². The molecule has 0 aliphatic carbocycles. The smallest absolute Gasteiger partial charge is 0.252 e. The zero-order chi connectivity index (χ0) is 17.8. The number of piperidine rings is 1. The van der Waals surface area contributed by atoms with Gasteiger partial charge in [0.2, 0.25) is 0 Å². The molecule has 0 saturated carbocycles. The van der Waals surface area contributed by atoms with Crippen molar-refractivity contribution in [3.8, 4) is 0 Å². The summed E-state index contributed by atoms with van der Waals surface area (Å²) in [5, 5.41) is 6.51. The third-order valence-corrected chi connectivity index (χ3v) is 7.14. The lowest BCUT2D eigenvalue weighted by Gasteiger charge is -2.25. The van der Waals surface area contributed by atoms with E-state index in [4.69, 9.17) is 0 Å². The van der Waals surface area contributed by atoms with Gasteiger partial charge in [0.05, 0.1) is 6.54 Å². The van der Waals surface area contributed by atoms with Crippen LogP contribution in [0.25, 0.3) is 0 Å². The highest BCUT2D eigenvalue weighted by atomic mass is 127. The molecule has 0 spiro atoms. The third-order valence-electron chi connectivity index (χ3n) is 3.69. The molecule has 1 aliphatic rings. The Morgan fingerprint density at radius 2 is 1.88 bits per heavy atom. The molecule has 25 heavy (non-hydrogen) atoms. The van der Waals surface area contributed by atoms with E-state index >= 15 is 0 Å². The van der Waals surface area contributed by atoms with Crippen molar-refractivity contribution in [3.05, 3.63) is 17.0 Å². The van der Waals surface area contributed by atoms with Crippen molar-refractivity contribution < 1.29 is 8.42 Å². The number of thiophene rings is 1. The quantitative estimate of drug-likeness (QED) is 0.379. The van der Waals surface area contributed by atoms with Crippen molar-refractivity contribution in [1.82, 2.24) is 14.9 Å². The van der Waals surface area contributed by atoms with Crippen LogP contribution in [0.2, 0.25) is 0 Å². The molecule has 0 radical (unpaired) electrons. The molecular formula is C16H29IN4O2S2. The van der Waals surface area contributed by atoms with Crippen LogP contribution in [0.5, 0.6) is 0 Å². The molecule has 2 N–H and O–H groups in total. The molecule has 0 amide bonds. The Hall–Kier alpha value is -0.390. The van der Waals surface area contributed by atoms with Gasteiger partial charge in [0.25, 0.3) is 10.0 Å². The average Bonchev–Trinajstić information content (AvgIpc) is 3.01. The van der Waals surface area contributed by atoms with Gasteiger partial charge in [-0.15, -0.1) is 35.3 Å². The maximum Gasteiger partial charge on any atom is 0.252 e. The highest BCUT2D eigenvalue weighted by molar-refractivity contribution is 14.0. The molecule has 1 fully saturated rings. The van der Waals surface area contributed by atoms with Crippen LogP contribution in [-0.4, -0.2) is 44.4 Å². The van der Waals surface area contributed by atoms with Crippen molar-refractivity contribution in [2.24, 2.45) is 4.99 Å². The molecule has 0 aromatic carbocycles. The van der Waals surface area contributed by atoms with E-state index in [9.17, 15) is 8.42 Å². The summed E-state index contributed by atoms with van der Waals surface area (Å²) in [5.74, 6) is 0.705. The van der Waals surface area contributed by atoms with Crippen LogP contribution in [0.1, 0.15) is 44.9 Å². The number of nitrogens with one attached hydrogen (secondary N) is 2. The molecular weight excluding hydrogens is 471 g/mol. The van der Waals surface area contributed by atoms with Gasteiger partial charge in [-0.2, -0.15) is 4.31 Å². The molecule has 9 heteroatoms. The van der Waals surface area contributed by atoms with Crippen LogP contribution in [0.4, 0.5) is 0 Å². The van der Waals surface area contributed by atoms with Gasteiger partial charge in [-0.05, 0) is 45.7 Å². The predicted octanol–water partition coefficient (Wildman–Crippen LogP) is 3.00. The van der Waals surface area contributed by atoms with Gasteiger partial charge in [-0.3, -0.25) is 4.99 Å². The second kappa shape index (κ2) is 9.52. The van der Waals surface area contributed by atoms with Crippen LogP contribution in [0, 0.1) is 0 Å². The third kappa shape index (κ3) is 6.69. The van der Waals surface area contributed by atoms with Crippen molar-refractivity contribution >= 4 is 51.3 Å². The number of hydrogen-bond donors (Lipinski definition) is 2. The van der Waals surface area contributed by atoms with Crippen molar-refractivity contribution in [1.29, 1.82) is 0 Å². The van der Waals surface area contributed by atoms with Gasteiger partial charge >= 0.3 is 0 Å². The zero-order valence-electron chi connectivity index (χ0n) is 15.3. The number of halogens is 1. The zero-order valence-corrected chi connectivity index (χ0v) is 19.3. The average molecular weight is 500 g/mol. The van der Waals surface area contributed by atoms with E-state index in [1.54, 1.807) is 17.4 Å². The maximum absolute atomic E-state index is 12.7. The van der Waals surface area contributed by atoms with Crippen molar-refractivity contribution in [2.75, 3.05) is 20.1 Å². The molecule has 2 heterocycles. The molecule has 1 aliphatic heterocycles. The number of nitrogens with zero attached hydrogens (tertiary/aromatic N) is 2. The highest BCUT2D eigenvalue weighted by Crippen LogP contribution is 2.27. The predicted molar refractivity (Wildman–Crippen MR) is 115 cm³/mol. The Morgan fingerprint density at radius 1 is 1.24 bits per heavy atom. The van der Waals surface area contributed by atoms with E-state index in [1.165, 1.54) is 11.3 Å². The van der Waals surface area contributed by atoms with Crippen LogP contribution in [0.3, 0.4) is 0 Å².